The molecule has 0 saturated heterocycles. The van der Waals surface area contributed by atoms with E-state index in [1.165, 1.54) is 7.11 Å². The quantitative estimate of drug-likeness (QED) is 0.819. The maximum Gasteiger partial charge on any atom is 0.325 e. The fraction of sp³-hybridized carbons (Fsp3) is 0.250. The zero-order chi connectivity index (χ0) is 17.0. The molecule has 1 aromatic rings. The summed E-state index contributed by atoms with van der Waals surface area (Å²) in [4.78, 5) is 47.7. The number of thioether (sulfide) groups is 1. The Hall–Kier alpha value is -2.41. The third-order valence-corrected chi connectivity index (χ3v) is 4.50. The van der Waals surface area contributed by atoms with Crippen LogP contribution in [0.5, 0.6) is 0 Å². The van der Waals surface area contributed by atoms with E-state index in [9.17, 15) is 19.2 Å². The van der Waals surface area contributed by atoms with Gasteiger partial charge in [0.25, 0.3) is 0 Å². The summed E-state index contributed by atoms with van der Waals surface area (Å²) in [5.74, 6) is -1.51. The summed E-state index contributed by atoms with van der Waals surface area (Å²) in [6, 6.07) is 6.61. The fourth-order valence-corrected chi connectivity index (χ4v) is 3.01. The molecule has 1 aromatic carbocycles. The van der Waals surface area contributed by atoms with E-state index >= 15 is 0 Å². The zero-order valence-electron chi connectivity index (χ0n) is 12.7. The first-order valence-corrected chi connectivity index (χ1v) is 7.80. The Morgan fingerprint density at radius 3 is 2.35 bits per heavy atom. The Kier molecular flexibility index (Phi) is 5.33. The minimum absolute atomic E-state index is 0.0646. The number of ether oxygens (including phenoxy) is 1. The van der Waals surface area contributed by atoms with E-state index in [1.54, 1.807) is 31.2 Å². The van der Waals surface area contributed by atoms with Crippen LogP contribution in [0, 0.1) is 0 Å². The molecular weight excluding hydrogens is 318 g/mol. The first kappa shape index (κ1) is 17.0. The highest BCUT2D eigenvalue weighted by atomic mass is 32.2. The van der Waals surface area contributed by atoms with Crippen molar-refractivity contribution in [2.24, 2.45) is 0 Å². The number of Topliss-reactive ketones (excluding diaryl/α,β-unsaturated/α-hetero) is 2. The highest BCUT2D eigenvalue weighted by Gasteiger charge is 2.30. The van der Waals surface area contributed by atoms with Crippen LogP contribution in [0.3, 0.4) is 0 Å². The van der Waals surface area contributed by atoms with E-state index in [0.29, 0.717) is 16.7 Å². The molecule has 1 N–H and O–H groups in total. The van der Waals surface area contributed by atoms with E-state index in [-0.39, 0.29) is 28.8 Å². The molecule has 1 aliphatic carbocycles. The van der Waals surface area contributed by atoms with Gasteiger partial charge in [-0.3, -0.25) is 19.2 Å². The maximum absolute atomic E-state index is 12.5. The van der Waals surface area contributed by atoms with Crippen molar-refractivity contribution in [3.05, 3.63) is 45.9 Å². The number of hydrogen-bond acceptors (Lipinski definition) is 6. The molecule has 1 aliphatic rings. The van der Waals surface area contributed by atoms with Crippen LogP contribution in [0.1, 0.15) is 27.6 Å². The molecule has 120 valence electrons. The Labute approximate surface area is 137 Å². The van der Waals surface area contributed by atoms with Gasteiger partial charge in [-0.25, -0.2) is 0 Å². The van der Waals surface area contributed by atoms with Gasteiger partial charge in [-0.05, 0) is 6.92 Å². The number of allylic oxidation sites excluding steroid dienone is 2. The first-order chi connectivity index (χ1) is 11.0. The van der Waals surface area contributed by atoms with Gasteiger partial charge in [0, 0.05) is 16.7 Å². The lowest BCUT2D eigenvalue weighted by molar-refractivity contribution is -0.140. The van der Waals surface area contributed by atoms with Crippen LogP contribution in [-0.2, 0) is 14.3 Å². The molecule has 7 heteroatoms. The molecule has 0 aromatic heterocycles. The highest BCUT2D eigenvalue weighted by molar-refractivity contribution is 8.04. The molecule has 0 bridgehead atoms. The summed E-state index contributed by atoms with van der Waals surface area (Å²) < 4.78 is 4.41. The van der Waals surface area contributed by atoms with E-state index < -0.39 is 11.9 Å². The first-order valence-electron chi connectivity index (χ1n) is 6.81. The lowest BCUT2D eigenvalue weighted by atomic mass is 9.90. The summed E-state index contributed by atoms with van der Waals surface area (Å²) in [5, 5.41) is 2.38. The Balaban J connectivity index is 2.07. The van der Waals surface area contributed by atoms with Crippen LogP contribution < -0.4 is 5.32 Å². The maximum atomic E-state index is 12.5. The van der Waals surface area contributed by atoms with Gasteiger partial charge >= 0.3 is 5.97 Å². The Bertz CT molecular complexity index is 723. The van der Waals surface area contributed by atoms with Gasteiger partial charge in [0.05, 0.1) is 17.8 Å². The number of amides is 1. The van der Waals surface area contributed by atoms with Gasteiger partial charge in [0.1, 0.15) is 6.54 Å². The van der Waals surface area contributed by atoms with Crippen molar-refractivity contribution in [1.82, 2.24) is 5.32 Å². The van der Waals surface area contributed by atoms with Crippen molar-refractivity contribution >= 4 is 35.2 Å². The molecule has 2 rings (SSSR count). The van der Waals surface area contributed by atoms with E-state index in [2.05, 4.69) is 10.1 Å². The molecule has 0 aliphatic heterocycles. The molecule has 23 heavy (non-hydrogen) atoms. The summed E-state index contributed by atoms with van der Waals surface area (Å²) in [6.45, 7) is 1.34. The van der Waals surface area contributed by atoms with Crippen molar-refractivity contribution < 1.29 is 23.9 Å². The average Bonchev–Trinajstić information content (AvgIpc) is 2.57. The van der Waals surface area contributed by atoms with Crippen molar-refractivity contribution in [3.8, 4) is 0 Å². The standard InChI is InChI=1S/C16H15NO5S/c1-9-14(20)10-5-3-4-6-11(10)15(21)16(9)23-8-12(18)17-7-13(19)22-2/h3-6H,7-8H2,1-2H3,(H,17,18). The molecule has 6 nitrogen and oxygen atoms in total. The molecule has 0 fully saturated rings. The molecular formula is C16H15NO5S. The van der Waals surface area contributed by atoms with Crippen LogP contribution in [0.4, 0.5) is 0 Å². The van der Waals surface area contributed by atoms with E-state index in [4.69, 9.17) is 0 Å². The fourth-order valence-electron chi connectivity index (χ4n) is 2.08. The van der Waals surface area contributed by atoms with Crippen molar-refractivity contribution in [2.45, 2.75) is 6.92 Å². The van der Waals surface area contributed by atoms with Gasteiger partial charge in [-0.15, -0.1) is 11.8 Å². The Morgan fingerprint density at radius 1 is 1.13 bits per heavy atom. The monoisotopic (exact) mass is 333 g/mol. The van der Waals surface area contributed by atoms with Crippen LogP contribution in [0.25, 0.3) is 0 Å². The number of ketones is 2. The number of fused-ring (bicyclic) bond motifs is 1. The second-order valence-corrected chi connectivity index (χ2v) is 5.79. The van der Waals surface area contributed by atoms with Crippen LogP contribution in [0.15, 0.2) is 34.7 Å². The van der Waals surface area contributed by atoms with E-state index in [0.717, 1.165) is 11.8 Å². The van der Waals surface area contributed by atoms with Gasteiger partial charge in [-0.1, -0.05) is 24.3 Å². The minimum Gasteiger partial charge on any atom is -0.468 e. The molecule has 1 amide bonds. The summed E-state index contributed by atoms with van der Waals surface area (Å²) in [5.41, 5.74) is 1.06. The van der Waals surface area contributed by atoms with Crippen molar-refractivity contribution in [3.63, 3.8) is 0 Å². The zero-order valence-corrected chi connectivity index (χ0v) is 13.5. The summed E-state index contributed by atoms with van der Waals surface area (Å²) >= 11 is 0.993. The molecule has 0 heterocycles. The number of hydrogen-bond donors (Lipinski definition) is 1. The number of rotatable bonds is 5. The second kappa shape index (κ2) is 7.23. The summed E-state index contributed by atoms with van der Waals surface area (Å²) in [7, 11) is 1.22. The second-order valence-electron chi connectivity index (χ2n) is 4.80. The number of benzene rings is 1. The van der Waals surface area contributed by atoms with E-state index in [1.807, 2.05) is 0 Å². The van der Waals surface area contributed by atoms with Crippen molar-refractivity contribution in [2.75, 3.05) is 19.4 Å². The topological polar surface area (TPSA) is 89.5 Å². The number of esters is 1. The SMILES string of the molecule is COC(=O)CNC(=O)CSC1=C(C)C(=O)c2ccccc2C1=O. The normalized spacial score (nSPS) is 13.7. The third kappa shape index (κ3) is 3.68. The molecule has 0 atom stereocenters. The largest absolute Gasteiger partial charge is 0.468 e. The third-order valence-electron chi connectivity index (χ3n) is 3.31. The smallest absolute Gasteiger partial charge is 0.325 e. The number of carbonyl (C=O) groups is 4. The molecule has 0 radical (unpaired) electrons. The highest BCUT2D eigenvalue weighted by Crippen LogP contribution is 2.32. The van der Waals surface area contributed by atoms with Gasteiger partial charge in [0.15, 0.2) is 5.78 Å². The van der Waals surface area contributed by atoms with Crippen LogP contribution in [0.2, 0.25) is 0 Å². The number of nitrogens with one attached hydrogen (secondary N) is 1. The number of carbonyl (C=O) groups excluding carboxylic acids is 4. The average molecular weight is 333 g/mol. The van der Waals surface area contributed by atoms with Crippen molar-refractivity contribution in [1.29, 1.82) is 0 Å². The number of methoxy groups -OCH3 is 1. The molecule has 0 spiro atoms. The summed E-state index contributed by atoms with van der Waals surface area (Å²) in [6.07, 6.45) is 0. The van der Waals surface area contributed by atoms with Gasteiger partial charge < -0.3 is 10.1 Å². The van der Waals surface area contributed by atoms with Crippen LogP contribution >= 0.6 is 11.8 Å². The predicted octanol–water partition coefficient (Wildman–Crippen LogP) is 1.36. The van der Waals surface area contributed by atoms with Gasteiger partial charge in [0.2, 0.25) is 11.7 Å². The van der Waals surface area contributed by atoms with Crippen LogP contribution in [-0.4, -0.2) is 42.9 Å². The molecule has 0 unspecified atom stereocenters. The van der Waals surface area contributed by atoms with Gasteiger partial charge in [-0.2, -0.15) is 0 Å². The lowest BCUT2D eigenvalue weighted by Gasteiger charge is -2.18. The minimum atomic E-state index is -0.559. The lowest BCUT2D eigenvalue weighted by Crippen LogP contribution is -2.31. The predicted molar refractivity (Wildman–Crippen MR) is 85.3 cm³/mol. The Morgan fingerprint density at radius 2 is 1.74 bits per heavy atom. The molecule has 0 saturated carbocycles.